The van der Waals surface area contributed by atoms with Gasteiger partial charge in [0, 0.05) is 0 Å². The number of nitrogens with one attached hydrogen (secondary N) is 1. The average molecular weight is 259 g/mol. The number of aromatic hydroxyl groups is 1. The van der Waals surface area contributed by atoms with Gasteiger partial charge in [-0.3, -0.25) is 9.59 Å². The van der Waals surface area contributed by atoms with Crippen LogP contribution in [0.5, 0.6) is 5.75 Å². The van der Waals surface area contributed by atoms with E-state index in [9.17, 15) is 14.7 Å². The number of aliphatic carboxylic acids is 1. The summed E-state index contributed by atoms with van der Waals surface area (Å²) in [4.78, 5) is 22.6. The number of rotatable bonds is 3. The third-order valence-electron chi connectivity index (χ3n) is 2.83. The molecule has 3 N–H and O–H groups in total. The van der Waals surface area contributed by atoms with E-state index in [-0.39, 0.29) is 11.3 Å². The van der Waals surface area contributed by atoms with Crippen LogP contribution in [0, 0.1) is 0 Å². The molecule has 1 amide bonds. The SMILES string of the molecule is CC(NC(=O)c1cc2ccccc2cc1O)C(=O)O. The number of amides is 1. The van der Waals surface area contributed by atoms with Gasteiger partial charge in [0.15, 0.2) is 0 Å². The Morgan fingerprint density at radius 1 is 1.16 bits per heavy atom. The molecule has 0 heterocycles. The summed E-state index contributed by atoms with van der Waals surface area (Å²) >= 11 is 0. The van der Waals surface area contributed by atoms with Crippen LogP contribution in [0.15, 0.2) is 36.4 Å². The fourth-order valence-corrected chi connectivity index (χ4v) is 1.75. The highest BCUT2D eigenvalue weighted by molar-refractivity contribution is 6.02. The number of fused-ring (bicyclic) bond motifs is 1. The first-order valence-electron chi connectivity index (χ1n) is 5.74. The second-order valence-electron chi connectivity index (χ2n) is 4.25. The van der Waals surface area contributed by atoms with E-state index >= 15 is 0 Å². The van der Waals surface area contributed by atoms with Crippen LogP contribution in [0.1, 0.15) is 17.3 Å². The molecule has 0 bridgehead atoms. The average Bonchev–Trinajstić information content (AvgIpc) is 2.37. The van der Waals surface area contributed by atoms with E-state index in [1.165, 1.54) is 19.1 Å². The second-order valence-corrected chi connectivity index (χ2v) is 4.25. The number of carbonyl (C=O) groups is 2. The quantitative estimate of drug-likeness (QED) is 0.783. The molecule has 19 heavy (non-hydrogen) atoms. The Morgan fingerprint density at radius 3 is 2.32 bits per heavy atom. The molecule has 2 aromatic rings. The number of benzene rings is 2. The Hall–Kier alpha value is -2.56. The van der Waals surface area contributed by atoms with Crippen LogP contribution in [0.2, 0.25) is 0 Å². The van der Waals surface area contributed by atoms with Gasteiger partial charge >= 0.3 is 5.97 Å². The van der Waals surface area contributed by atoms with Crippen molar-refractivity contribution in [2.45, 2.75) is 13.0 Å². The lowest BCUT2D eigenvalue weighted by Gasteiger charge is -2.11. The lowest BCUT2D eigenvalue weighted by molar-refractivity contribution is -0.138. The first kappa shape index (κ1) is 12.9. The molecule has 0 aromatic heterocycles. The van der Waals surface area contributed by atoms with Gasteiger partial charge in [-0.25, -0.2) is 0 Å². The predicted octanol–water partition coefficient (Wildman–Crippen LogP) is 1.75. The van der Waals surface area contributed by atoms with Crippen molar-refractivity contribution in [1.29, 1.82) is 0 Å². The molecule has 0 aliphatic heterocycles. The Labute approximate surface area is 109 Å². The maximum Gasteiger partial charge on any atom is 0.325 e. The van der Waals surface area contributed by atoms with Crippen LogP contribution < -0.4 is 5.32 Å². The van der Waals surface area contributed by atoms with E-state index in [1.807, 2.05) is 24.3 Å². The normalized spacial score (nSPS) is 12.1. The standard InChI is InChI=1S/C14H13NO4/c1-8(14(18)19)15-13(17)11-6-9-4-2-3-5-10(9)7-12(11)16/h2-8,16H,1H3,(H,15,17)(H,18,19). The molecule has 0 saturated carbocycles. The molecule has 0 aliphatic rings. The van der Waals surface area contributed by atoms with Crippen LogP contribution >= 0.6 is 0 Å². The first-order valence-corrected chi connectivity index (χ1v) is 5.74. The number of phenolic OH excluding ortho intramolecular Hbond substituents is 1. The fraction of sp³-hybridized carbons (Fsp3) is 0.143. The zero-order chi connectivity index (χ0) is 14.0. The zero-order valence-corrected chi connectivity index (χ0v) is 10.3. The van der Waals surface area contributed by atoms with Gasteiger partial charge in [0.1, 0.15) is 11.8 Å². The van der Waals surface area contributed by atoms with Crippen LogP contribution in [-0.4, -0.2) is 28.1 Å². The summed E-state index contributed by atoms with van der Waals surface area (Å²) in [6, 6.07) is 9.28. The summed E-state index contributed by atoms with van der Waals surface area (Å²) in [5, 5.41) is 22.5. The third-order valence-corrected chi connectivity index (χ3v) is 2.83. The number of carboxylic acids is 1. The summed E-state index contributed by atoms with van der Waals surface area (Å²) in [5.41, 5.74) is 0.0619. The second kappa shape index (κ2) is 4.97. The van der Waals surface area contributed by atoms with Gasteiger partial charge in [0.05, 0.1) is 5.56 Å². The Balaban J connectivity index is 2.36. The molecule has 2 aromatic carbocycles. The lowest BCUT2D eigenvalue weighted by atomic mass is 10.1. The highest BCUT2D eigenvalue weighted by atomic mass is 16.4. The van der Waals surface area contributed by atoms with Gasteiger partial charge in [0.25, 0.3) is 5.91 Å². The number of hydrogen-bond acceptors (Lipinski definition) is 3. The van der Waals surface area contributed by atoms with Gasteiger partial charge in [-0.15, -0.1) is 0 Å². The van der Waals surface area contributed by atoms with Crippen molar-refractivity contribution in [3.05, 3.63) is 42.0 Å². The van der Waals surface area contributed by atoms with Crippen molar-refractivity contribution in [3.63, 3.8) is 0 Å². The molecule has 1 atom stereocenters. The maximum atomic E-state index is 11.9. The molecule has 2 rings (SSSR count). The molecule has 0 fully saturated rings. The van der Waals surface area contributed by atoms with Gasteiger partial charge in [-0.1, -0.05) is 24.3 Å². The lowest BCUT2D eigenvalue weighted by Crippen LogP contribution is -2.38. The topological polar surface area (TPSA) is 86.6 Å². The predicted molar refractivity (Wildman–Crippen MR) is 70.2 cm³/mol. The number of phenols is 1. The van der Waals surface area contributed by atoms with Crippen LogP contribution in [0.4, 0.5) is 0 Å². The van der Waals surface area contributed by atoms with Crippen molar-refractivity contribution in [3.8, 4) is 5.75 Å². The molecule has 1 unspecified atom stereocenters. The van der Waals surface area contributed by atoms with E-state index in [2.05, 4.69) is 5.32 Å². The Bertz CT molecular complexity index is 651. The van der Waals surface area contributed by atoms with Crippen LogP contribution in [0.3, 0.4) is 0 Å². The first-order chi connectivity index (χ1) is 8.99. The molecular weight excluding hydrogens is 246 g/mol. The number of hydrogen-bond donors (Lipinski definition) is 3. The molecule has 5 nitrogen and oxygen atoms in total. The molecule has 5 heteroatoms. The maximum absolute atomic E-state index is 11.9. The summed E-state index contributed by atoms with van der Waals surface area (Å²) < 4.78 is 0. The fourth-order valence-electron chi connectivity index (χ4n) is 1.75. The van der Waals surface area contributed by atoms with Crippen molar-refractivity contribution in [2.75, 3.05) is 0 Å². The molecule has 0 aliphatic carbocycles. The third kappa shape index (κ3) is 2.65. The van der Waals surface area contributed by atoms with Gasteiger partial charge in [-0.2, -0.15) is 0 Å². The van der Waals surface area contributed by atoms with Crippen LogP contribution in [0.25, 0.3) is 10.8 Å². The molecular formula is C14H13NO4. The van der Waals surface area contributed by atoms with E-state index < -0.39 is 17.9 Å². The van der Waals surface area contributed by atoms with E-state index in [1.54, 1.807) is 0 Å². The highest BCUT2D eigenvalue weighted by Gasteiger charge is 2.18. The van der Waals surface area contributed by atoms with E-state index in [4.69, 9.17) is 5.11 Å². The minimum absolute atomic E-state index is 0.0619. The number of carbonyl (C=O) groups excluding carboxylic acids is 1. The van der Waals surface area contributed by atoms with Gasteiger partial charge in [-0.05, 0) is 29.8 Å². The van der Waals surface area contributed by atoms with Crippen molar-refractivity contribution in [1.82, 2.24) is 5.32 Å². The van der Waals surface area contributed by atoms with Crippen molar-refractivity contribution >= 4 is 22.6 Å². The summed E-state index contributed by atoms with van der Waals surface area (Å²) in [5.74, 6) is -1.92. The van der Waals surface area contributed by atoms with Crippen molar-refractivity contribution in [2.24, 2.45) is 0 Å². The summed E-state index contributed by atoms with van der Waals surface area (Å²) in [7, 11) is 0. The molecule has 98 valence electrons. The summed E-state index contributed by atoms with van der Waals surface area (Å²) in [6.07, 6.45) is 0. The largest absolute Gasteiger partial charge is 0.507 e. The van der Waals surface area contributed by atoms with Gasteiger partial charge < -0.3 is 15.5 Å². The van der Waals surface area contributed by atoms with Gasteiger partial charge in [0.2, 0.25) is 0 Å². The van der Waals surface area contributed by atoms with E-state index in [0.29, 0.717) is 0 Å². The Morgan fingerprint density at radius 2 is 1.74 bits per heavy atom. The van der Waals surface area contributed by atoms with Crippen molar-refractivity contribution < 1.29 is 19.8 Å². The Kier molecular flexibility index (Phi) is 3.37. The highest BCUT2D eigenvalue weighted by Crippen LogP contribution is 2.24. The monoisotopic (exact) mass is 259 g/mol. The minimum atomic E-state index is -1.13. The smallest absolute Gasteiger partial charge is 0.325 e. The molecule has 0 radical (unpaired) electrons. The van der Waals surface area contributed by atoms with Crippen LogP contribution in [-0.2, 0) is 4.79 Å². The molecule has 0 saturated heterocycles. The number of carboxylic acid groups (broad SMARTS) is 1. The van der Waals surface area contributed by atoms with E-state index in [0.717, 1.165) is 10.8 Å². The molecule has 0 spiro atoms. The zero-order valence-electron chi connectivity index (χ0n) is 10.3. The minimum Gasteiger partial charge on any atom is -0.507 e. The summed E-state index contributed by atoms with van der Waals surface area (Å²) in [6.45, 7) is 1.36.